The van der Waals surface area contributed by atoms with Crippen LogP contribution in [0.4, 0.5) is 36.1 Å². The number of aromatic nitrogens is 1. The molecule has 0 unspecified atom stereocenters. The smallest absolute Gasteiger partial charge is 0.325 e. The Bertz CT molecular complexity index is 1000. The third-order valence-electron chi connectivity index (χ3n) is 4.02. The van der Waals surface area contributed by atoms with Crippen molar-refractivity contribution in [2.75, 3.05) is 5.32 Å². The molecule has 0 aliphatic carbocycles. The number of thiophene rings is 1. The number of hydrogen-bond acceptors (Lipinski definition) is 3. The van der Waals surface area contributed by atoms with Gasteiger partial charge in [0.2, 0.25) is 0 Å². The number of urea groups is 1. The molecule has 1 aromatic carbocycles. The average molecular weight is 445 g/mol. The van der Waals surface area contributed by atoms with Crippen LogP contribution in [0, 0.1) is 0 Å². The van der Waals surface area contributed by atoms with Crippen molar-refractivity contribution in [1.82, 2.24) is 10.3 Å². The van der Waals surface area contributed by atoms with E-state index in [9.17, 15) is 31.1 Å². The van der Waals surface area contributed by atoms with Crippen molar-refractivity contribution in [2.45, 2.75) is 18.4 Å². The molecule has 11 heteroatoms. The quantitative estimate of drug-likeness (QED) is 0.478. The van der Waals surface area contributed by atoms with Crippen LogP contribution in [0.5, 0.6) is 0 Å². The zero-order valence-electron chi connectivity index (χ0n) is 14.9. The van der Waals surface area contributed by atoms with Gasteiger partial charge in [0.05, 0.1) is 27.9 Å². The molecule has 0 aliphatic rings. The van der Waals surface area contributed by atoms with Crippen molar-refractivity contribution < 1.29 is 31.1 Å². The predicted octanol–water partition coefficient (Wildman–Crippen LogP) is 6.09. The molecule has 2 heterocycles. The van der Waals surface area contributed by atoms with Crippen molar-refractivity contribution >= 4 is 22.4 Å². The van der Waals surface area contributed by atoms with E-state index in [4.69, 9.17) is 0 Å². The summed E-state index contributed by atoms with van der Waals surface area (Å²) in [7, 11) is 0. The molecule has 0 saturated heterocycles. The Morgan fingerprint density at radius 1 is 0.933 bits per heavy atom. The number of halogens is 6. The summed E-state index contributed by atoms with van der Waals surface area (Å²) in [6.07, 6.45) is -8.28. The molecular formula is C19H13F6N3OS. The third kappa shape index (κ3) is 5.09. The zero-order chi connectivity index (χ0) is 21.9. The summed E-state index contributed by atoms with van der Waals surface area (Å²) in [5.74, 6) is 0. The molecule has 30 heavy (non-hydrogen) atoms. The highest BCUT2D eigenvalue weighted by atomic mass is 32.1. The molecule has 4 nitrogen and oxygen atoms in total. The second-order valence-electron chi connectivity index (χ2n) is 6.06. The highest BCUT2D eigenvalue weighted by Crippen LogP contribution is 2.36. The molecule has 0 spiro atoms. The third-order valence-corrected chi connectivity index (χ3v) is 4.81. The molecule has 3 aromatic rings. The van der Waals surface area contributed by atoms with Gasteiger partial charge in [0, 0.05) is 6.20 Å². The number of nitrogens with one attached hydrogen (secondary N) is 2. The number of anilines is 1. The summed E-state index contributed by atoms with van der Waals surface area (Å²) in [4.78, 5) is 16.1. The van der Waals surface area contributed by atoms with Crippen LogP contribution >= 0.6 is 11.3 Å². The van der Waals surface area contributed by atoms with Crippen LogP contribution in [-0.4, -0.2) is 11.0 Å². The standard InChI is InChI=1S/C19H13F6N3OS/c20-18(21,22)12-7-5-11(6-8-12)15(28-17(29)27-14-4-2-10-30-14)16-13(19(23,24)25)3-1-9-26-16/h1-10,15H,(H2,27,28,29)/t15-/m0/s1. The van der Waals surface area contributed by atoms with Crippen LogP contribution in [0.25, 0.3) is 0 Å². The second-order valence-corrected chi connectivity index (χ2v) is 7.01. The number of rotatable bonds is 4. The topological polar surface area (TPSA) is 54.0 Å². The van der Waals surface area contributed by atoms with Gasteiger partial charge in [0.1, 0.15) is 0 Å². The van der Waals surface area contributed by atoms with Crippen LogP contribution in [0.15, 0.2) is 60.1 Å². The molecule has 0 saturated carbocycles. The maximum absolute atomic E-state index is 13.5. The number of amides is 2. The van der Waals surface area contributed by atoms with Crippen LogP contribution in [0.1, 0.15) is 28.4 Å². The zero-order valence-corrected chi connectivity index (χ0v) is 15.7. The van der Waals surface area contributed by atoms with E-state index >= 15 is 0 Å². The Morgan fingerprint density at radius 3 is 2.20 bits per heavy atom. The molecule has 0 aliphatic heterocycles. The fraction of sp³-hybridized carbons (Fsp3) is 0.158. The minimum absolute atomic E-state index is 0.00790. The summed E-state index contributed by atoms with van der Waals surface area (Å²) in [6.45, 7) is 0. The van der Waals surface area contributed by atoms with Gasteiger partial charge in [-0.15, -0.1) is 11.3 Å². The lowest BCUT2D eigenvalue weighted by atomic mass is 9.98. The number of carbonyl (C=O) groups excluding carboxylic acids is 1. The van der Waals surface area contributed by atoms with E-state index in [0.29, 0.717) is 5.00 Å². The molecule has 3 rings (SSSR count). The van der Waals surface area contributed by atoms with Crippen LogP contribution in [-0.2, 0) is 12.4 Å². The van der Waals surface area contributed by atoms with E-state index in [0.717, 1.165) is 42.6 Å². The fourth-order valence-corrected chi connectivity index (χ4v) is 3.30. The van der Waals surface area contributed by atoms with Crippen LogP contribution in [0.2, 0.25) is 0 Å². The van der Waals surface area contributed by atoms with Crippen molar-refractivity contribution in [1.29, 1.82) is 0 Å². The Morgan fingerprint density at radius 2 is 1.63 bits per heavy atom. The van der Waals surface area contributed by atoms with Gasteiger partial charge in [0.25, 0.3) is 0 Å². The number of carbonyl (C=O) groups is 1. The molecular weight excluding hydrogens is 432 g/mol. The monoisotopic (exact) mass is 445 g/mol. The Balaban J connectivity index is 2.00. The summed E-state index contributed by atoms with van der Waals surface area (Å²) in [5.41, 5.74) is -2.60. The van der Waals surface area contributed by atoms with Gasteiger partial charge in [-0.1, -0.05) is 12.1 Å². The number of hydrogen-bond donors (Lipinski definition) is 2. The largest absolute Gasteiger partial charge is 0.418 e. The lowest BCUT2D eigenvalue weighted by molar-refractivity contribution is -0.139. The lowest BCUT2D eigenvalue weighted by Gasteiger charge is -2.22. The van der Waals surface area contributed by atoms with Gasteiger partial charge in [-0.2, -0.15) is 26.3 Å². The number of pyridine rings is 1. The first kappa shape index (κ1) is 21.6. The fourth-order valence-electron chi connectivity index (χ4n) is 2.69. The molecule has 0 radical (unpaired) electrons. The Hall–Kier alpha value is -3.08. The van der Waals surface area contributed by atoms with Crippen molar-refractivity contribution in [3.8, 4) is 0 Å². The Kier molecular flexibility index (Phi) is 6.01. The Labute approximate surface area is 170 Å². The van der Waals surface area contributed by atoms with Gasteiger partial charge >= 0.3 is 18.4 Å². The normalized spacial score (nSPS) is 13.0. The summed E-state index contributed by atoms with van der Waals surface area (Å²) in [5, 5.41) is 6.96. The van der Waals surface area contributed by atoms with E-state index in [1.165, 1.54) is 11.3 Å². The molecule has 2 amide bonds. The number of nitrogens with zero attached hydrogens (tertiary/aromatic N) is 1. The minimum Gasteiger partial charge on any atom is -0.325 e. The van der Waals surface area contributed by atoms with E-state index in [1.807, 2.05) is 0 Å². The van der Waals surface area contributed by atoms with E-state index in [2.05, 4.69) is 15.6 Å². The van der Waals surface area contributed by atoms with Gasteiger partial charge in [-0.25, -0.2) is 4.79 Å². The maximum atomic E-state index is 13.5. The first-order chi connectivity index (χ1) is 14.1. The predicted molar refractivity (Wildman–Crippen MR) is 99.0 cm³/mol. The van der Waals surface area contributed by atoms with Gasteiger partial charge in [-0.05, 0) is 47.3 Å². The average Bonchev–Trinajstić information content (AvgIpc) is 3.18. The van der Waals surface area contributed by atoms with E-state index in [1.54, 1.807) is 17.5 Å². The van der Waals surface area contributed by atoms with Gasteiger partial charge in [0.15, 0.2) is 0 Å². The molecule has 1 atom stereocenters. The maximum Gasteiger partial charge on any atom is 0.418 e. The second kappa shape index (κ2) is 8.34. The van der Waals surface area contributed by atoms with E-state index < -0.39 is 41.2 Å². The first-order valence-corrected chi connectivity index (χ1v) is 9.24. The number of benzene rings is 1. The highest BCUT2D eigenvalue weighted by Gasteiger charge is 2.37. The van der Waals surface area contributed by atoms with Crippen molar-refractivity contribution in [3.63, 3.8) is 0 Å². The SMILES string of the molecule is O=C(Nc1cccs1)N[C@@H](c1ccc(C(F)(F)F)cc1)c1ncccc1C(F)(F)F. The van der Waals surface area contributed by atoms with Crippen molar-refractivity contribution in [3.05, 3.63) is 82.5 Å². The lowest BCUT2D eigenvalue weighted by Crippen LogP contribution is -2.34. The number of alkyl halides is 6. The van der Waals surface area contributed by atoms with E-state index in [-0.39, 0.29) is 5.56 Å². The molecule has 2 aromatic heterocycles. The summed E-state index contributed by atoms with van der Waals surface area (Å²) < 4.78 is 79.0. The molecule has 158 valence electrons. The molecule has 0 fully saturated rings. The van der Waals surface area contributed by atoms with Crippen LogP contribution in [0.3, 0.4) is 0 Å². The van der Waals surface area contributed by atoms with Crippen LogP contribution < -0.4 is 10.6 Å². The van der Waals surface area contributed by atoms with Crippen molar-refractivity contribution in [2.24, 2.45) is 0 Å². The van der Waals surface area contributed by atoms with Gasteiger partial charge in [-0.3, -0.25) is 10.3 Å². The molecule has 0 bridgehead atoms. The minimum atomic E-state index is -4.78. The first-order valence-electron chi connectivity index (χ1n) is 8.36. The summed E-state index contributed by atoms with van der Waals surface area (Å²) in [6, 6.07) is 6.33. The highest BCUT2D eigenvalue weighted by molar-refractivity contribution is 7.14. The summed E-state index contributed by atoms with van der Waals surface area (Å²) >= 11 is 1.19. The molecule has 2 N–H and O–H groups in total. The van der Waals surface area contributed by atoms with Gasteiger partial charge < -0.3 is 5.32 Å².